The number of amides is 2. The zero-order valence-electron chi connectivity index (χ0n) is 16.7. The number of aromatic nitrogens is 2. The van der Waals surface area contributed by atoms with E-state index in [0.29, 0.717) is 18.8 Å². The second kappa shape index (κ2) is 8.46. The number of hydrogen-bond donors (Lipinski definition) is 1. The molecule has 0 aliphatic carbocycles. The number of carbonyl (C=O) groups excluding carboxylic acids is 2. The van der Waals surface area contributed by atoms with Gasteiger partial charge in [0.05, 0.1) is 17.8 Å². The van der Waals surface area contributed by atoms with Crippen LogP contribution in [0, 0.1) is 0 Å². The molecule has 3 rings (SSSR count). The molecule has 1 aliphatic heterocycles. The maximum absolute atomic E-state index is 12.4. The van der Waals surface area contributed by atoms with Crippen molar-refractivity contribution in [2.75, 3.05) is 13.1 Å². The number of likely N-dealkylation sites (tertiary alicyclic amines) is 1. The first-order valence-corrected chi connectivity index (χ1v) is 9.67. The number of carbonyl (C=O) groups is 2. The molecule has 1 aliphatic rings. The maximum atomic E-state index is 12.4. The molecule has 1 fully saturated rings. The highest BCUT2D eigenvalue weighted by Crippen LogP contribution is 2.15. The van der Waals surface area contributed by atoms with E-state index in [1.807, 2.05) is 63.4 Å². The first kappa shape index (κ1) is 19.9. The average molecular weight is 384 g/mol. The molecule has 1 atom stereocenters. The Balaban J connectivity index is 1.52. The van der Waals surface area contributed by atoms with Crippen LogP contribution in [0.4, 0.5) is 4.79 Å². The molecule has 1 saturated heterocycles. The smallest absolute Gasteiger partial charge is 0.410 e. The number of nitrogens with one attached hydrogen (secondary N) is 1. The molecule has 1 aromatic heterocycles. The fourth-order valence-corrected chi connectivity index (χ4v) is 3.21. The molecule has 0 radical (unpaired) electrons. The minimum atomic E-state index is -0.523. The van der Waals surface area contributed by atoms with Crippen molar-refractivity contribution in [2.45, 2.75) is 51.7 Å². The summed E-state index contributed by atoms with van der Waals surface area (Å²) < 4.78 is 7.19. The lowest BCUT2D eigenvalue weighted by atomic mass is 10.1. The second-order valence-corrected chi connectivity index (χ2v) is 8.10. The number of para-hydroxylation sites is 1. The molecule has 7 heteroatoms. The Morgan fingerprint density at radius 2 is 1.96 bits per heavy atom. The van der Waals surface area contributed by atoms with Crippen LogP contribution in [0.2, 0.25) is 0 Å². The highest BCUT2D eigenvalue weighted by atomic mass is 16.6. The molecule has 0 saturated carbocycles. The van der Waals surface area contributed by atoms with Crippen LogP contribution < -0.4 is 5.32 Å². The molecule has 7 nitrogen and oxygen atoms in total. The minimum absolute atomic E-state index is 0.0648. The van der Waals surface area contributed by atoms with Gasteiger partial charge in [0, 0.05) is 25.3 Å². The normalized spacial score (nSPS) is 17.2. The predicted molar refractivity (Wildman–Crippen MR) is 106 cm³/mol. The fraction of sp³-hybridized carbons (Fsp3) is 0.476. The molecule has 150 valence electrons. The van der Waals surface area contributed by atoms with Gasteiger partial charge in [-0.2, -0.15) is 5.10 Å². The summed E-state index contributed by atoms with van der Waals surface area (Å²) in [7, 11) is 0. The lowest BCUT2D eigenvalue weighted by Gasteiger charge is -2.34. The van der Waals surface area contributed by atoms with E-state index in [1.165, 1.54) is 0 Å². The lowest BCUT2D eigenvalue weighted by Crippen LogP contribution is -2.51. The molecular formula is C21H28N4O3. The van der Waals surface area contributed by atoms with Gasteiger partial charge in [-0.25, -0.2) is 9.48 Å². The van der Waals surface area contributed by atoms with E-state index in [1.54, 1.807) is 9.58 Å². The topological polar surface area (TPSA) is 76.5 Å². The monoisotopic (exact) mass is 384 g/mol. The van der Waals surface area contributed by atoms with Crippen LogP contribution in [0.15, 0.2) is 42.6 Å². The molecule has 1 aromatic carbocycles. The van der Waals surface area contributed by atoms with Gasteiger partial charge in [-0.05, 0) is 51.8 Å². The summed E-state index contributed by atoms with van der Waals surface area (Å²) in [6, 6.07) is 11.6. The number of nitrogens with zero attached hydrogens (tertiary/aromatic N) is 3. The molecule has 28 heavy (non-hydrogen) atoms. The summed E-state index contributed by atoms with van der Waals surface area (Å²) in [6.07, 6.45) is 3.43. The minimum Gasteiger partial charge on any atom is -0.444 e. The van der Waals surface area contributed by atoms with Gasteiger partial charge in [0.15, 0.2) is 0 Å². The zero-order valence-corrected chi connectivity index (χ0v) is 16.7. The molecule has 2 aromatic rings. The number of hydrogen-bond acceptors (Lipinski definition) is 4. The van der Waals surface area contributed by atoms with E-state index in [4.69, 9.17) is 4.74 Å². The Morgan fingerprint density at radius 1 is 1.21 bits per heavy atom. The van der Waals surface area contributed by atoms with E-state index >= 15 is 0 Å². The number of benzene rings is 1. The third-order valence-corrected chi connectivity index (χ3v) is 4.44. The molecule has 0 bridgehead atoms. The van der Waals surface area contributed by atoms with Crippen LogP contribution in [0.1, 0.15) is 39.3 Å². The first-order chi connectivity index (χ1) is 13.3. The summed E-state index contributed by atoms with van der Waals surface area (Å²) in [5.74, 6) is -0.0886. The fourth-order valence-electron chi connectivity index (χ4n) is 3.21. The Morgan fingerprint density at radius 3 is 2.68 bits per heavy atom. The first-order valence-electron chi connectivity index (χ1n) is 9.67. The Hall–Kier alpha value is -2.83. The molecule has 1 N–H and O–H groups in total. The summed E-state index contributed by atoms with van der Waals surface area (Å²) in [5, 5.41) is 7.49. The predicted octanol–water partition coefficient (Wildman–Crippen LogP) is 2.93. The van der Waals surface area contributed by atoms with Crippen molar-refractivity contribution < 1.29 is 14.3 Å². The van der Waals surface area contributed by atoms with Gasteiger partial charge in [0.2, 0.25) is 5.91 Å². The van der Waals surface area contributed by atoms with Crippen molar-refractivity contribution in [2.24, 2.45) is 0 Å². The third kappa shape index (κ3) is 5.58. The largest absolute Gasteiger partial charge is 0.444 e. The molecular weight excluding hydrogens is 356 g/mol. The highest BCUT2D eigenvalue weighted by Gasteiger charge is 2.28. The number of rotatable bonds is 4. The van der Waals surface area contributed by atoms with Gasteiger partial charge >= 0.3 is 6.09 Å². The van der Waals surface area contributed by atoms with Crippen LogP contribution in [-0.4, -0.2) is 51.4 Å². The van der Waals surface area contributed by atoms with Gasteiger partial charge in [0.1, 0.15) is 5.60 Å². The average Bonchev–Trinajstić information content (AvgIpc) is 3.09. The third-order valence-electron chi connectivity index (χ3n) is 4.44. The van der Waals surface area contributed by atoms with Crippen molar-refractivity contribution in [3.05, 3.63) is 48.3 Å². The van der Waals surface area contributed by atoms with Gasteiger partial charge in [-0.1, -0.05) is 18.2 Å². The van der Waals surface area contributed by atoms with Gasteiger partial charge in [-0.3, -0.25) is 4.79 Å². The lowest BCUT2D eigenvalue weighted by molar-refractivity contribution is -0.121. The molecule has 0 unspecified atom stereocenters. The summed E-state index contributed by atoms with van der Waals surface area (Å²) in [4.78, 5) is 26.4. The van der Waals surface area contributed by atoms with Crippen LogP contribution in [-0.2, 0) is 16.0 Å². The van der Waals surface area contributed by atoms with Crippen molar-refractivity contribution in [1.82, 2.24) is 20.0 Å². The van der Waals surface area contributed by atoms with E-state index in [-0.39, 0.29) is 24.5 Å². The van der Waals surface area contributed by atoms with E-state index < -0.39 is 5.60 Å². The van der Waals surface area contributed by atoms with E-state index in [9.17, 15) is 9.59 Å². The van der Waals surface area contributed by atoms with Crippen molar-refractivity contribution in [3.63, 3.8) is 0 Å². The SMILES string of the molecule is CC(C)(C)OC(=O)N1CCC[C@@H](NC(=O)Cc2ccn(-c3ccccc3)n2)C1. The van der Waals surface area contributed by atoms with Crippen LogP contribution >= 0.6 is 0 Å². The highest BCUT2D eigenvalue weighted by molar-refractivity contribution is 5.78. The summed E-state index contributed by atoms with van der Waals surface area (Å²) in [6.45, 7) is 6.68. The number of ether oxygens (including phenoxy) is 1. The Kier molecular flexibility index (Phi) is 6.02. The van der Waals surface area contributed by atoms with Gasteiger partial charge < -0.3 is 15.0 Å². The van der Waals surface area contributed by atoms with Gasteiger partial charge in [0.25, 0.3) is 0 Å². The van der Waals surface area contributed by atoms with Crippen molar-refractivity contribution in [3.8, 4) is 5.69 Å². The Labute approximate surface area is 165 Å². The number of piperidine rings is 1. The van der Waals surface area contributed by atoms with Crippen LogP contribution in [0.3, 0.4) is 0 Å². The second-order valence-electron chi connectivity index (χ2n) is 8.10. The molecule has 0 spiro atoms. The molecule has 2 heterocycles. The van der Waals surface area contributed by atoms with Crippen molar-refractivity contribution >= 4 is 12.0 Å². The van der Waals surface area contributed by atoms with Crippen LogP contribution in [0.5, 0.6) is 0 Å². The van der Waals surface area contributed by atoms with Gasteiger partial charge in [-0.15, -0.1) is 0 Å². The summed E-state index contributed by atoms with van der Waals surface area (Å²) in [5.41, 5.74) is 1.14. The quantitative estimate of drug-likeness (QED) is 0.879. The Bertz CT molecular complexity index is 811. The van der Waals surface area contributed by atoms with E-state index in [2.05, 4.69) is 10.4 Å². The maximum Gasteiger partial charge on any atom is 0.410 e. The molecule has 2 amide bonds. The standard InChI is InChI=1S/C21H28N4O3/c1-21(2,3)28-20(27)24-12-7-8-17(15-24)22-19(26)14-16-11-13-25(23-16)18-9-5-4-6-10-18/h4-6,9-11,13,17H,7-8,12,14-15H2,1-3H3,(H,22,26)/t17-/m1/s1. The summed E-state index contributed by atoms with van der Waals surface area (Å²) >= 11 is 0. The van der Waals surface area contributed by atoms with Crippen LogP contribution in [0.25, 0.3) is 5.69 Å². The van der Waals surface area contributed by atoms with Crippen molar-refractivity contribution in [1.29, 1.82) is 0 Å². The van der Waals surface area contributed by atoms with E-state index in [0.717, 1.165) is 18.5 Å². The zero-order chi connectivity index (χ0) is 20.1.